The number of benzene rings is 1. The molecule has 0 aliphatic rings. The summed E-state index contributed by atoms with van der Waals surface area (Å²) in [6.07, 6.45) is 0. The van der Waals surface area contributed by atoms with Crippen LogP contribution in [0.2, 0.25) is 0 Å². The van der Waals surface area contributed by atoms with Crippen molar-refractivity contribution in [3.05, 3.63) is 50.3 Å². The summed E-state index contributed by atoms with van der Waals surface area (Å²) in [5, 5.41) is 6.01. The number of hydrogen-bond acceptors (Lipinski definition) is 3. The highest BCUT2D eigenvalue weighted by atomic mass is 79.9. The monoisotopic (exact) mass is 366 g/mol. The van der Waals surface area contributed by atoms with Crippen molar-refractivity contribution in [1.82, 2.24) is 5.32 Å². The van der Waals surface area contributed by atoms with Gasteiger partial charge in [-0.1, -0.05) is 22.0 Å². The van der Waals surface area contributed by atoms with Crippen molar-refractivity contribution in [2.45, 2.75) is 13.8 Å². The summed E-state index contributed by atoms with van der Waals surface area (Å²) in [6.45, 7) is 3.81. The smallest absolute Gasteiger partial charge is 0.256 e. The van der Waals surface area contributed by atoms with Crippen LogP contribution in [0.15, 0.2) is 28.7 Å². The quantitative estimate of drug-likeness (QED) is 0.868. The Kier molecular flexibility index (Phi) is 4.80. The predicted octanol–water partition coefficient (Wildman–Crippen LogP) is 3.74. The fourth-order valence-electron chi connectivity index (χ4n) is 1.92. The van der Waals surface area contributed by atoms with Crippen molar-refractivity contribution in [2.75, 3.05) is 12.4 Å². The normalized spacial score (nSPS) is 10.3. The second kappa shape index (κ2) is 6.41. The standard InChI is InChI=1S/C15H15BrN2O2S/c1-8-9(2)21-15(12(8)14(20)17-3)18-13(19)10-5-4-6-11(16)7-10/h4-7H,1-3H3,(H,17,20)(H,18,19). The molecule has 0 bridgehead atoms. The van der Waals surface area contributed by atoms with Gasteiger partial charge in [-0.2, -0.15) is 0 Å². The van der Waals surface area contributed by atoms with E-state index in [0.29, 0.717) is 16.1 Å². The maximum atomic E-state index is 12.3. The van der Waals surface area contributed by atoms with Gasteiger partial charge in [0.1, 0.15) is 5.00 Å². The van der Waals surface area contributed by atoms with Crippen LogP contribution in [0.1, 0.15) is 31.2 Å². The van der Waals surface area contributed by atoms with E-state index in [9.17, 15) is 9.59 Å². The minimum absolute atomic E-state index is 0.193. The number of aryl methyl sites for hydroxylation is 1. The molecule has 0 atom stereocenters. The number of anilines is 1. The first-order valence-electron chi connectivity index (χ1n) is 6.33. The average molecular weight is 367 g/mol. The third-order valence-electron chi connectivity index (χ3n) is 3.15. The molecular formula is C15H15BrN2O2S. The molecule has 2 amide bonds. The van der Waals surface area contributed by atoms with Gasteiger partial charge in [0.25, 0.3) is 11.8 Å². The molecule has 0 unspecified atom stereocenters. The summed E-state index contributed by atoms with van der Waals surface area (Å²) in [4.78, 5) is 25.3. The lowest BCUT2D eigenvalue weighted by molar-refractivity contribution is 0.0963. The van der Waals surface area contributed by atoms with Crippen LogP contribution < -0.4 is 10.6 Å². The molecule has 0 fully saturated rings. The lowest BCUT2D eigenvalue weighted by atomic mass is 10.1. The van der Waals surface area contributed by atoms with Crippen molar-refractivity contribution >= 4 is 44.1 Å². The first-order valence-corrected chi connectivity index (χ1v) is 7.94. The Bertz CT molecular complexity index is 710. The van der Waals surface area contributed by atoms with Crippen LogP contribution in [-0.4, -0.2) is 18.9 Å². The molecule has 2 rings (SSSR count). The Labute approximate surface area is 135 Å². The maximum absolute atomic E-state index is 12.3. The zero-order valence-corrected chi connectivity index (χ0v) is 14.3. The lowest BCUT2D eigenvalue weighted by Crippen LogP contribution is -2.21. The van der Waals surface area contributed by atoms with E-state index >= 15 is 0 Å². The number of carbonyl (C=O) groups excluding carboxylic acids is 2. The van der Waals surface area contributed by atoms with E-state index in [1.165, 1.54) is 11.3 Å². The third kappa shape index (κ3) is 3.33. The summed E-state index contributed by atoms with van der Waals surface area (Å²) in [5.74, 6) is -0.427. The molecule has 0 radical (unpaired) electrons. The third-order valence-corrected chi connectivity index (χ3v) is 4.77. The van der Waals surface area contributed by atoms with Crippen molar-refractivity contribution in [3.8, 4) is 0 Å². The first kappa shape index (κ1) is 15.7. The van der Waals surface area contributed by atoms with E-state index in [4.69, 9.17) is 0 Å². The first-order chi connectivity index (χ1) is 9.93. The van der Waals surface area contributed by atoms with Gasteiger partial charge in [0.05, 0.1) is 5.56 Å². The Morgan fingerprint density at radius 3 is 2.52 bits per heavy atom. The number of hydrogen-bond donors (Lipinski definition) is 2. The zero-order valence-electron chi connectivity index (χ0n) is 11.9. The number of nitrogens with one attached hydrogen (secondary N) is 2. The molecule has 2 N–H and O–H groups in total. The number of halogens is 1. The highest BCUT2D eigenvalue weighted by Gasteiger charge is 2.20. The van der Waals surface area contributed by atoms with Crippen molar-refractivity contribution < 1.29 is 9.59 Å². The van der Waals surface area contributed by atoms with Crippen LogP contribution in [0.4, 0.5) is 5.00 Å². The predicted molar refractivity (Wildman–Crippen MR) is 89.3 cm³/mol. The molecule has 1 aromatic heterocycles. The summed E-state index contributed by atoms with van der Waals surface area (Å²) in [7, 11) is 1.58. The largest absolute Gasteiger partial charge is 0.355 e. The average Bonchev–Trinajstić information content (AvgIpc) is 2.73. The minimum Gasteiger partial charge on any atom is -0.355 e. The van der Waals surface area contributed by atoms with E-state index in [0.717, 1.165) is 14.9 Å². The molecule has 0 aliphatic heterocycles. The van der Waals surface area contributed by atoms with Crippen molar-refractivity contribution in [3.63, 3.8) is 0 Å². The van der Waals surface area contributed by atoms with Crippen LogP contribution >= 0.6 is 27.3 Å². The number of rotatable bonds is 3. The Balaban J connectivity index is 2.34. The Hall–Kier alpha value is -1.66. The number of carbonyl (C=O) groups is 2. The molecule has 1 aromatic carbocycles. The molecule has 0 spiro atoms. The minimum atomic E-state index is -0.234. The summed E-state index contributed by atoms with van der Waals surface area (Å²) >= 11 is 4.75. The fourth-order valence-corrected chi connectivity index (χ4v) is 3.37. The van der Waals surface area contributed by atoms with Gasteiger partial charge in [0, 0.05) is 22.0 Å². The molecule has 0 saturated heterocycles. The fraction of sp³-hybridized carbons (Fsp3) is 0.200. The van der Waals surface area contributed by atoms with Gasteiger partial charge in [-0.05, 0) is 37.6 Å². The lowest BCUT2D eigenvalue weighted by Gasteiger charge is -2.07. The van der Waals surface area contributed by atoms with Crippen molar-refractivity contribution in [1.29, 1.82) is 0 Å². The zero-order chi connectivity index (χ0) is 15.6. The summed E-state index contributed by atoms with van der Waals surface area (Å²) in [5.41, 5.74) is 1.96. The van der Waals surface area contributed by atoms with Gasteiger partial charge in [-0.25, -0.2) is 0 Å². The van der Waals surface area contributed by atoms with Crippen LogP contribution in [0.5, 0.6) is 0 Å². The van der Waals surface area contributed by atoms with Crippen LogP contribution in [0, 0.1) is 13.8 Å². The molecule has 6 heteroatoms. The van der Waals surface area contributed by atoms with Crippen LogP contribution in [0.3, 0.4) is 0 Å². The Morgan fingerprint density at radius 2 is 1.90 bits per heavy atom. The van der Waals surface area contributed by atoms with Crippen LogP contribution in [0.25, 0.3) is 0 Å². The SMILES string of the molecule is CNC(=O)c1c(NC(=O)c2cccc(Br)c2)sc(C)c1C. The topological polar surface area (TPSA) is 58.2 Å². The van der Waals surface area contributed by atoms with Crippen LogP contribution in [-0.2, 0) is 0 Å². The Morgan fingerprint density at radius 1 is 1.19 bits per heavy atom. The van der Waals surface area contributed by atoms with Gasteiger partial charge >= 0.3 is 0 Å². The van der Waals surface area contributed by atoms with Crippen molar-refractivity contribution in [2.24, 2.45) is 0 Å². The van der Waals surface area contributed by atoms with Gasteiger partial charge in [0.2, 0.25) is 0 Å². The highest BCUT2D eigenvalue weighted by Crippen LogP contribution is 2.32. The highest BCUT2D eigenvalue weighted by molar-refractivity contribution is 9.10. The molecule has 0 aliphatic carbocycles. The summed E-state index contributed by atoms with van der Waals surface area (Å²) in [6, 6.07) is 7.12. The number of thiophene rings is 1. The number of amides is 2. The molecule has 4 nitrogen and oxygen atoms in total. The van der Waals surface area contributed by atoms with E-state index in [1.807, 2.05) is 19.9 Å². The molecular weight excluding hydrogens is 352 g/mol. The van der Waals surface area contributed by atoms with E-state index in [2.05, 4.69) is 26.6 Å². The molecule has 21 heavy (non-hydrogen) atoms. The van der Waals surface area contributed by atoms with Gasteiger partial charge < -0.3 is 10.6 Å². The maximum Gasteiger partial charge on any atom is 0.256 e. The van der Waals surface area contributed by atoms with E-state index in [-0.39, 0.29) is 11.8 Å². The van der Waals surface area contributed by atoms with Gasteiger partial charge in [0.15, 0.2) is 0 Å². The van der Waals surface area contributed by atoms with E-state index in [1.54, 1.807) is 25.2 Å². The second-order valence-electron chi connectivity index (χ2n) is 4.53. The summed E-state index contributed by atoms with van der Waals surface area (Å²) < 4.78 is 0.834. The van der Waals surface area contributed by atoms with E-state index < -0.39 is 0 Å². The molecule has 2 aromatic rings. The molecule has 0 saturated carbocycles. The second-order valence-corrected chi connectivity index (χ2v) is 6.67. The van der Waals surface area contributed by atoms with Gasteiger partial charge in [-0.3, -0.25) is 9.59 Å². The van der Waals surface area contributed by atoms with Gasteiger partial charge in [-0.15, -0.1) is 11.3 Å². The molecule has 110 valence electrons. The molecule has 1 heterocycles.